The molecule has 0 bridgehead atoms. The van der Waals surface area contributed by atoms with Gasteiger partial charge in [-0.05, 0) is 70.9 Å². The Balaban J connectivity index is 3.63. The van der Waals surface area contributed by atoms with Crippen molar-refractivity contribution in [1.82, 2.24) is 5.32 Å². The van der Waals surface area contributed by atoms with Gasteiger partial charge < -0.3 is 14.8 Å². The third-order valence-electron chi connectivity index (χ3n) is 9.79. The Kier molecular flexibility index (Phi) is 39.4. The van der Waals surface area contributed by atoms with Crippen LogP contribution in [0.25, 0.3) is 0 Å². The molecule has 286 valence electrons. The molecule has 48 heavy (non-hydrogen) atoms. The van der Waals surface area contributed by atoms with Gasteiger partial charge in [0.1, 0.15) is 6.10 Å². The van der Waals surface area contributed by atoms with Crippen LogP contribution in [0.2, 0.25) is 0 Å². The topological polar surface area (TPSA) is 64.6 Å². The summed E-state index contributed by atoms with van der Waals surface area (Å²) in [6.45, 7) is 9.47. The predicted octanol–water partition coefficient (Wildman–Crippen LogP) is 13.4. The van der Waals surface area contributed by atoms with E-state index in [4.69, 9.17) is 9.47 Å². The molecular weight excluding hydrogens is 594 g/mol. The molecule has 0 rings (SSSR count). The Morgan fingerprint density at radius 2 is 0.771 bits per heavy atom. The van der Waals surface area contributed by atoms with Crippen LogP contribution in [-0.4, -0.2) is 37.7 Å². The van der Waals surface area contributed by atoms with Gasteiger partial charge in [0, 0.05) is 12.8 Å². The second kappa shape index (κ2) is 40.3. The Labute approximate surface area is 300 Å². The van der Waals surface area contributed by atoms with Crippen LogP contribution in [0.4, 0.5) is 0 Å². The summed E-state index contributed by atoms with van der Waals surface area (Å²) in [5.41, 5.74) is 0. The molecule has 0 atom stereocenters. The molecule has 0 radical (unpaired) electrons. The molecule has 0 amide bonds. The fourth-order valence-corrected chi connectivity index (χ4v) is 6.53. The third kappa shape index (κ3) is 37.7. The minimum Gasteiger partial charge on any atom is -0.466 e. The van der Waals surface area contributed by atoms with Gasteiger partial charge in [0.05, 0.1) is 6.61 Å². The van der Waals surface area contributed by atoms with Gasteiger partial charge in [0.2, 0.25) is 0 Å². The summed E-state index contributed by atoms with van der Waals surface area (Å²) in [4.78, 5) is 24.5. The summed E-state index contributed by atoms with van der Waals surface area (Å²) in [7, 11) is 0. The van der Waals surface area contributed by atoms with Crippen molar-refractivity contribution < 1.29 is 19.1 Å². The lowest BCUT2D eigenvalue weighted by molar-refractivity contribution is -0.150. The van der Waals surface area contributed by atoms with Crippen LogP contribution < -0.4 is 5.32 Å². The highest BCUT2D eigenvalue weighted by Gasteiger charge is 2.14. The number of carbonyl (C=O) groups is 2. The first-order valence-electron chi connectivity index (χ1n) is 21.7. The van der Waals surface area contributed by atoms with Crippen LogP contribution in [0, 0.1) is 0 Å². The van der Waals surface area contributed by atoms with E-state index >= 15 is 0 Å². The molecule has 0 unspecified atom stereocenters. The maximum Gasteiger partial charge on any atom is 0.306 e. The minimum atomic E-state index is -0.0201. The maximum absolute atomic E-state index is 12.6. The largest absolute Gasteiger partial charge is 0.466 e. The van der Waals surface area contributed by atoms with Crippen molar-refractivity contribution in [3.8, 4) is 0 Å². The lowest BCUT2D eigenvalue weighted by Gasteiger charge is -2.18. The molecule has 1 N–H and O–H groups in total. The van der Waals surface area contributed by atoms with Crippen molar-refractivity contribution in [2.45, 2.75) is 245 Å². The average molecular weight is 680 g/mol. The van der Waals surface area contributed by atoms with E-state index in [1.807, 2.05) is 0 Å². The van der Waals surface area contributed by atoms with Gasteiger partial charge in [-0.2, -0.15) is 0 Å². The zero-order valence-electron chi connectivity index (χ0n) is 32.9. The monoisotopic (exact) mass is 680 g/mol. The smallest absolute Gasteiger partial charge is 0.306 e. The van der Waals surface area contributed by atoms with E-state index in [-0.39, 0.29) is 18.0 Å². The summed E-state index contributed by atoms with van der Waals surface area (Å²) in [5, 5.41) is 3.55. The van der Waals surface area contributed by atoms with E-state index in [0.29, 0.717) is 19.4 Å². The molecule has 0 aromatic heterocycles. The first-order chi connectivity index (χ1) is 23.6. The van der Waals surface area contributed by atoms with Crippen LogP contribution >= 0.6 is 0 Å². The van der Waals surface area contributed by atoms with Gasteiger partial charge >= 0.3 is 11.9 Å². The van der Waals surface area contributed by atoms with Gasteiger partial charge in [-0.25, -0.2) is 0 Å². The molecule has 0 heterocycles. The number of nitrogens with one attached hydrogen (secondary N) is 1. The maximum atomic E-state index is 12.6. The number of esters is 2. The molecule has 0 aliphatic heterocycles. The van der Waals surface area contributed by atoms with Gasteiger partial charge in [-0.1, -0.05) is 168 Å². The fraction of sp³-hybridized carbons (Fsp3) is 0.953. The number of carbonyl (C=O) groups excluding carboxylic acids is 2. The van der Waals surface area contributed by atoms with Crippen LogP contribution in [0.3, 0.4) is 0 Å². The molecule has 0 saturated carbocycles. The van der Waals surface area contributed by atoms with E-state index in [1.165, 1.54) is 154 Å². The van der Waals surface area contributed by atoms with E-state index < -0.39 is 0 Å². The van der Waals surface area contributed by atoms with Crippen molar-refractivity contribution in [2.75, 3.05) is 19.7 Å². The Bertz CT molecular complexity index is 639. The number of ether oxygens (including phenoxy) is 2. The zero-order chi connectivity index (χ0) is 35.0. The highest BCUT2D eigenvalue weighted by atomic mass is 16.5. The molecule has 0 aromatic rings. The average Bonchev–Trinajstić information content (AvgIpc) is 3.08. The number of hydrogen-bond acceptors (Lipinski definition) is 5. The summed E-state index contributed by atoms with van der Waals surface area (Å²) in [5.74, 6) is 0.00859. The normalized spacial score (nSPS) is 11.4. The van der Waals surface area contributed by atoms with E-state index in [9.17, 15) is 9.59 Å². The molecule has 5 nitrogen and oxygen atoms in total. The quantitative estimate of drug-likeness (QED) is 0.0516. The lowest BCUT2D eigenvalue weighted by Crippen LogP contribution is -2.18. The van der Waals surface area contributed by atoms with Crippen molar-refractivity contribution in [3.63, 3.8) is 0 Å². The van der Waals surface area contributed by atoms with Crippen molar-refractivity contribution >= 4 is 11.9 Å². The molecule has 0 fully saturated rings. The standard InChI is InChI=1S/C43H85NO4/c1-4-7-10-13-16-17-18-19-25-33-40-47-42(45)36-30-26-32-39-44-38-31-24-20-23-29-37-43(46)48-41(34-27-21-14-11-8-5-2)35-28-22-15-12-9-6-3/h41,44H,4-40H2,1-3H3. The molecule has 0 aliphatic rings. The first kappa shape index (κ1) is 46.9. The molecule has 5 heteroatoms. The van der Waals surface area contributed by atoms with E-state index in [0.717, 1.165) is 64.5 Å². The molecular formula is C43H85NO4. The molecule has 0 aliphatic carbocycles. The number of rotatable bonds is 40. The minimum absolute atomic E-state index is 0.0201. The summed E-state index contributed by atoms with van der Waals surface area (Å²) in [6.07, 6.45) is 40.7. The molecule has 0 spiro atoms. The first-order valence-corrected chi connectivity index (χ1v) is 21.7. The van der Waals surface area contributed by atoms with Gasteiger partial charge in [-0.15, -0.1) is 0 Å². The van der Waals surface area contributed by atoms with Gasteiger partial charge in [0.15, 0.2) is 0 Å². The van der Waals surface area contributed by atoms with Crippen molar-refractivity contribution in [2.24, 2.45) is 0 Å². The molecule has 0 saturated heterocycles. The van der Waals surface area contributed by atoms with E-state index in [2.05, 4.69) is 26.1 Å². The van der Waals surface area contributed by atoms with Crippen LogP contribution in [0.5, 0.6) is 0 Å². The van der Waals surface area contributed by atoms with Crippen molar-refractivity contribution in [3.05, 3.63) is 0 Å². The SMILES string of the molecule is CCCCCCCCCCCCOC(=O)CCCCCNCCCCCCCC(=O)OC(CCCCCCCC)CCCCCCCC. The predicted molar refractivity (Wildman–Crippen MR) is 208 cm³/mol. The highest BCUT2D eigenvalue weighted by Crippen LogP contribution is 2.18. The van der Waals surface area contributed by atoms with Gasteiger partial charge in [-0.3, -0.25) is 9.59 Å². The molecule has 0 aromatic carbocycles. The van der Waals surface area contributed by atoms with Crippen LogP contribution in [0.15, 0.2) is 0 Å². The Morgan fingerprint density at radius 1 is 0.417 bits per heavy atom. The zero-order valence-corrected chi connectivity index (χ0v) is 32.9. The van der Waals surface area contributed by atoms with Gasteiger partial charge in [0.25, 0.3) is 0 Å². The summed E-state index contributed by atoms with van der Waals surface area (Å²) in [6, 6.07) is 0. The van der Waals surface area contributed by atoms with Crippen molar-refractivity contribution in [1.29, 1.82) is 0 Å². The van der Waals surface area contributed by atoms with E-state index in [1.54, 1.807) is 0 Å². The fourth-order valence-electron chi connectivity index (χ4n) is 6.53. The van der Waals surface area contributed by atoms with Crippen LogP contribution in [0.1, 0.15) is 239 Å². The lowest BCUT2D eigenvalue weighted by atomic mass is 10.0. The summed E-state index contributed by atoms with van der Waals surface area (Å²) >= 11 is 0. The van der Waals surface area contributed by atoms with Crippen LogP contribution in [-0.2, 0) is 19.1 Å². The second-order valence-corrected chi connectivity index (χ2v) is 14.7. The highest BCUT2D eigenvalue weighted by molar-refractivity contribution is 5.69. The summed E-state index contributed by atoms with van der Waals surface area (Å²) < 4.78 is 11.4. The second-order valence-electron chi connectivity index (χ2n) is 14.7. The Morgan fingerprint density at radius 3 is 1.25 bits per heavy atom. The number of unbranched alkanes of at least 4 members (excludes halogenated alkanes) is 25. The Hall–Kier alpha value is -1.10. The third-order valence-corrected chi connectivity index (χ3v) is 9.79. The number of hydrogen-bond donors (Lipinski definition) is 1.